The molecule has 0 radical (unpaired) electrons. The van der Waals surface area contributed by atoms with Crippen molar-refractivity contribution in [1.29, 1.82) is 0 Å². The molecule has 0 saturated carbocycles. The second kappa shape index (κ2) is 3.54. The van der Waals surface area contributed by atoms with Gasteiger partial charge in [0.25, 0.3) is 10.0 Å². The summed E-state index contributed by atoms with van der Waals surface area (Å²) in [5.74, 6) is 0.940. The van der Waals surface area contributed by atoms with Gasteiger partial charge in [-0.3, -0.25) is 0 Å². The van der Waals surface area contributed by atoms with Crippen molar-refractivity contribution in [3.05, 3.63) is 12.5 Å². The number of sulfonamides is 1. The van der Waals surface area contributed by atoms with Crippen LogP contribution in [0.1, 0.15) is 0 Å². The van der Waals surface area contributed by atoms with Crippen molar-refractivity contribution in [3.8, 4) is 0 Å². The van der Waals surface area contributed by atoms with Gasteiger partial charge in [0.15, 0.2) is 5.03 Å². The second-order valence-electron chi connectivity index (χ2n) is 4.42. The Hall–Kier alpha value is -0.920. The third-order valence-corrected chi connectivity index (χ3v) is 5.20. The predicted octanol–water partition coefficient (Wildman–Crippen LogP) is -0.750. The summed E-state index contributed by atoms with van der Waals surface area (Å²) in [6.07, 6.45) is 2.76. The highest BCUT2D eigenvalue weighted by atomic mass is 32.2. The van der Waals surface area contributed by atoms with E-state index in [1.165, 1.54) is 12.5 Å². The Morgan fingerprint density at radius 3 is 2.56 bits per heavy atom. The summed E-state index contributed by atoms with van der Waals surface area (Å²) >= 11 is 0. The quantitative estimate of drug-likeness (QED) is 0.715. The smallest absolute Gasteiger partial charge is 0.260 e. The van der Waals surface area contributed by atoms with E-state index in [0.29, 0.717) is 24.9 Å². The van der Waals surface area contributed by atoms with Gasteiger partial charge < -0.3 is 10.3 Å². The minimum absolute atomic E-state index is 0.195. The maximum Gasteiger partial charge on any atom is 0.260 e. The van der Waals surface area contributed by atoms with Gasteiger partial charge in [0.2, 0.25) is 0 Å². The van der Waals surface area contributed by atoms with Crippen LogP contribution in [0.4, 0.5) is 0 Å². The van der Waals surface area contributed by atoms with Crippen molar-refractivity contribution in [2.75, 3.05) is 26.2 Å². The lowest BCUT2D eigenvalue weighted by atomic mass is 10.0. The zero-order chi connectivity index (χ0) is 11.2. The summed E-state index contributed by atoms with van der Waals surface area (Å²) in [7, 11) is -3.35. The molecule has 7 heteroatoms. The van der Waals surface area contributed by atoms with Crippen LogP contribution in [0.5, 0.6) is 0 Å². The Morgan fingerprint density at radius 1 is 1.31 bits per heavy atom. The molecule has 88 valence electrons. The van der Waals surface area contributed by atoms with Crippen LogP contribution >= 0.6 is 0 Å². The molecule has 2 atom stereocenters. The van der Waals surface area contributed by atoms with Crippen molar-refractivity contribution >= 4 is 10.0 Å². The molecular formula is C9H14N4O2S. The fraction of sp³-hybridized carbons (Fsp3) is 0.667. The Morgan fingerprint density at radius 2 is 2.00 bits per heavy atom. The molecule has 2 saturated heterocycles. The third-order valence-electron chi connectivity index (χ3n) is 3.45. The van der Waals surface area contributed by atoms with Crippen molar-refractivity contribution < 1.29 is 8.42 Å². The number of fused-ring (bicyclic) bond motifs is 1. The van der Waals surface area contributed by atoms with Crippen molar-refractivity contribution in [3.63, 3.8) is 0 Å². The lowest BCUT2D eigenvalue weighted by molar-refractivity contribution is 0.446. The van der Waals surface area contributed by atoms with Crippen LogP contribution in [0.25, 0.3) is 0 Å². The first-order valence-corrected chi connectivity index (χ1v) is 6.81. The van der Waals surface area contributed by atoms with Gasteiger partial charge in [0.05, 0.1) is 12.5 Å². The predicted molar refractivity (Wildman–Crippen MR) is 57.2 cm³/mol. The zero-order valence-electron chi connectivity index (χ0n) is 8.76. The molecule has 3 heterocycles. The molecular weight excluding hydrogens is 228 g/mol. The third kappa shape index (κ3) is 1.47. The number of aromatic nitrogens is 2. The number of nitrogens with zero attached hydrogens (tertiary/aromatic N) is 2. The van der Waals surface area contributed by atoms with Gasteiger partial charge in [0, 0.05) is 13.1 Å². The van der Waals surface area contributed by atoms with E-state index in [1.54, 1.807) is 4.31 Å². The first-order valence-electron chi connectivity index (χ1n) is 5.37. The van der Waals surface area contributed by atoms with Crippen LogP contribution in [0.15, 0.2) is 17.6 Å². The molecule has 0 spiro atoms. The topological polar surface area (TPSA) is 78.1 Å². The van der Waals surface area contributed by atoms with E-state index in [1.807, 2.05) is 0 Å². The zero-order valence-corrected chi connectivity index (χ0v) is 9.57. The van der Waals surface area contributed by atoms with Gasteiger partial charge >= 0.3 is 0 Å². The first-order chi connectivity index (χ1) is 7.68. The van der Waals surface area contributed by atoms with Crippen LogP contribution in [0, 0.1) is 11.8 Å². The number of hydrogen-bond donors (Lipinski definition) is 2. The molecule has 2 fully saturated rings. The van der Waals surface area contributed by atoms with Crippen molar-refractivity contribution in [1.82, 2.24) is 19.6 Å². The Labute approximate surface area is 94.1 Å². The molecule has 2 aliphatic heterocycles. The molecule has 2 N–H and O–H groups in total. The largest absolute Gasteiger partial charge is 0.335 e. The van der Waals surface area contributed by atoms with E-state index in [9.17, 15) is 8.42 Å². The number of H-pyrrole nitrogens is 1. The molecule has 0 aromatic carbocycles. The summed E-state index contributed by atoms with van der Waals surface area (Å²) in [5.41, 5.74) is 0. The SMILES string of the molecule is O=S(=O)(c1cnc[nH]1)N1CC2CNCC2C1. The van der Waals surface area contributed by atoms with Crippen LogP contribution < -0.4 is 5.32 Å². The normalized spacial score (nSPS) is 30.8. The molecule has 1 aromatic rings. The van der Waals surface area contributed by atoms with E-state index < -0.39 is 10.0 Å². The van der Waals surface area contributed by atoms with Gasteiger partial charge in [0.1, 0.15) is 0 Å². The minimum Gasteiger partial charge on any atom is -0.335 e. The number of rotatable bonds is 2. The van der Waals surface area contributed by atoms with Gasteiger partial charge in [-0.05, 0) is 24.9 Å². The van der Waals surface area contributed by atoms with Crippen molar-refractivity contribution in [2.45, 2.75) is 5.03 Å². The van der Waals surface area contributed by atoms with E-state index in [2.05, 4.69) is 15.3 Å². The number of aromatic amines is 1. The van der Waals surface area contributed by atoms with Crippen molar-refractivity contribution in [2.24, 2.45) is 11.8 Å². The Balaban J connectivity index is 1.85. The number of hydrogen-bond acceptors (Lipinski definition) is 4. The standard InChI is InChI=1S/C9H14N4O2S/c14-16(15,9-3-11-6-12-9)13-4-7-1-10-2-8(7)5-13/h3,6-8,10H,1-2,4-5H2,(H,11,12). The first kappa shape index (κ1) is 10.2. The highest BCUT2D eigenvalue weighted by molar-refractivity contribution is 7.89. The van der Waals surface area contributed by atoms with Crippen LogP contribution in [-0.2, 0) is 10.0 Å². The number of nitrogens with one attached hydrogen (secondary N) is 2. The van der Waals surface area contributed by atoms with E-state index in [4.69, 9.17) is 0 Å². The Kier molecular flexibility index (Phi) is 2.27. The summed E-state index contributed by atoms with van der Waals surface area (Å²) in [6.45, 7) is 3.11. The fourth-order valence-electron chi connectivity index (χ4n) is 2.53. The molecule has 3 rings (SSSR count). The van der Waals surface area contributed by atoms with E-state index in [0.717, 1.165) is 13.1 Å². The molecule has 1 aromatic heterocycles. The molecule has 0 bridgehead atoms. The summed E-state index contributed by atoms with van der Waals surface area (Å²) < 4.78 is 25.9. The van der Waals surface area contributed by atoms with Gasteiger partial charge in [-0.15, -0.1) is 0 Å². The lowest BCUT2D eigenvalue weighted by Gasteiger charge is -2.15. The highest BCUT2D eigenvalue weighted by Crippen LogP contribution is 2.29. The molecule has 0 amide bonds. The van der Waals surface area contributed by atoms with Crippen LogP contribution in [0.2, 0.25) is 0 Å². The average Bonchev–Trinajstić information content (AvgIpc) is 2.94. The average molecular weight is 242 g/mol. The molecule has 0 aliphatic carbocycles. The molecule has 6 nitrogen and oxygen atoms in total. The molecule has 2 aliphatic rings. The maximum atomic E-state index is 12.2. The summed E-state index contributed by atoms with van der Waals surface area (Å²) in [5, 5.41) is 3.48. The second-order valence-corrected chi connectivity index (χ2v) is 6.32. The van der Waals surface area contributed by atoms with Crippen LogP contribution in [-0.4, -0.2) is 48.9 Å². The molecule has 2 unspecified atom stereocenters. The van der Waals surface area contributed by atoms with Gasteiger partial charge in [-0.2, -0.15) is 4.31 Å². The van der Waals surface area contributed by atoms with Crippen LogP contribution in [0.3, 0.4) is 0 Å². The monoisotopic (exact) mass is 242 g/mol. The summed E-state index contributed by atoms with van der Waals surface area (Å²) in [6, 6.07) is 0. The minimum atomic E-state index is -3.35. The van der Waals surface area contributed by atoms with Gasteiger partial charge in [-0.1, -0.05) is 0 Å². The maximum absolute atomic E-state index is 12.2. The molecule has 16 heavy (non-hydrogen) atoms. The Bertz CT molecular complexity index is 458. The lowest BCUT2D eigenvalue weighted by Crippen LogP contribution is -2.32. The number of imidazole rings is 1. The van der Waals surface area contributed by atoms with E-state index in [-0.39, 0.29) is 5.03 Å². The van der Waals surface area contributed by atoms with Gasteiger partial charge in [-0.25, -0.2) is 13.4 Å². The fourth-order valence-corrected chi connectivity index (χ4v) is 3.98. The summed E-state index contributed by atoms with van der Waals surface area (Å²) in [4.78, 5) is 6.42. The highest BCUT2D eigenvalue weighted by Gasteiger charge is 2.41. The van der Waals surface area contributed by atoms with E-state index >= 15 is 0 Å².